The molecule has 0 atom stereocenters. The molecule has 1 aromatic rings. The second-order valence-corrected chi connectivity index (χ2v) is 11.8. The summed E-state index contributed by atoms with van der Waals surface area (Å²) in [6, 6.07) is 9.63. The lowest BCUT2D eigenvalue weighted by Gasteiger charge is -2.39. The van der Waals surface area contributed by atoms with Crippen molar-refractivity contribution in [2.45, 2.75) is 51.0 Å². The SMILES string of the molecule is CN1CCN(c2ccc(/C(C=NCCCN3CCC(N(CC4CC4)CC4CC4)CC3)=C/N)cc2)CC1. The zero-order valence-corrected chi connectivity index (χ0v) is 22.5. The Balaban J connectivity index is 1.01. The van der Waals surface area contributed by atoms with Crippen molar-refractivity contribution in [1.82, 2.24) is 14.7 Å². The van der Waals surface area contributed by atoms with Gasteiger partial charge in [-0.3, -0.25) is 9.89 Å². The largest absolute Gasteiger partial charge is 0.404 e. The number of likely N-dealkylation sites (N-methyl/N-ethyl adjacent to an activating group) is 1. The minimum Gasteiger partial charge on any atom is -0.404 e. The second kappa shape index (κ2) is 12.6. The molecular weight excluding hydrogens is 444 g/mol. The van der Waals surface area contributed by atoms with E-state index in [1.54, 1.807) is 6.20 Å². The number of nitrogens with two attached hydrogens (primary N) is 1. The zero-order valence-electron chi connectivity index (χ0n) is 22.5. The Morgan fingerprint density at radius 3 is 2.14 bits per heavy atom. The number of piperidine rings is 1. The van der Waals surface area contributed by atoms with Crippen molar-refractivity contribution in [2.75, 3.05) is 77.4 Å². The zero-order chi connectivity index (χ0) is 24.7. The quantitative estimate of drug-likeness (QED) is 0.355. The van der Waals surface area contributed by atoms with Crippen LogP contribution in [0.1, 0.15) is 50.5 Å². The topological polar surface area (TPSA) is 51.3 Å². The van der Waals surface area contributed by atoms with Gasteiger partial charge in [-0.25, -0.2) is 0 Å². The molecule has 5 rings (SSSR count). The molecule has 0 unspecified atom stereocenters. The predicted octanol–water partition coefficient (Wildman–Crippen LogP) is 3.79. The Bertz CT molecular complexity index is 842. The maximum absolute atomic E-state index is 5.96. The lowest BCUT2D eigenvalue weighted by Crippen LogP contribution is -2.46. The molecular formula is C30H48N6. The van der Waals surface area contributed by atoms with Crippen LogP contribution in [0.15, 0.2) is 35.5 Å². The van der Waals surface area contributed by atoms with Gasteiger partial charge in [-0.05, 0) is 101 Å². The van der Waals surface area contributed by atoms with Gasteiger partial charge >= 0.3 is 0 Å². The summed E-state index contributed by atoms with van der Waals surface area (Å²) in [7, 11) is 2.19. The van der Waals surface area contributed by atoms with E-state index in [1.165, 1.54) is 70.4 Å². The number of aliphatic imine (C=N–C) groups is 1. The number of hydrogen-bond donors (Lipinski definition) is 1. The average molecular weight is 493 g/mol. The summed E-state index contributed by atoms with van der Waals surface area (Å²) in [6.07, 6.45) is 13.4. The third-order valence-corrected chi connectivity index (χ3v) is 8.69. The normalized spacial score (nSPS) is 23.3. The first kappa shape index (κ1) is 25.7. The molecule has 1 aromatic carbocycles. The van der Waals surface area contributed by atoms with Crippen LogP contribution in [0.3, 0.4) is 0 Å². The summed E-state index contributed by atoms with van der Waals surface area (Å²) in [6.45, 7) is 11.7. The van der Waals surface area contributed by atoms with Crippen molar-refractivity contribution >= 4 is 17.5 Å². The number of rotatable bonds is 12. The van der Waals surface area contributed by atoms with Gasteiger partial charge in [0.15, 0.2) is 0 Å². The van der Waals surface area contributed by atoms with E-state index in [0.29, 0.717) is 0 Å². The first-order valence-electron chi connectivity index (χ1n) is 14.6. The fraction of sp³-hybridized carbons (Fsp3) is 0.700. The minimum absolute atomic E-state index is 0.834. The van der Waals surface area contributed by atoms with Gasteiger partial charge in [0, 0.05) is 75.5 Å². The lowest BCUT2D eigenvalue weighted by molar-refractivity contribution is 0.0999. The smallest absolute Gasteiger partial charge is 0.0401 e. The average Bonchev–Trinajstić information content (AvgIpc) is 3.84. The third kappa shape index (κ3) is 7.56. The molecule has 2 N–H and O–H groups in total. The number of likely N-dealkylation sites (tertiary alicyclic amines) is 1. The van der Waals surface area contributed by atoms with Crippen molar-refractivity contribution in [1.29, 1.82) is 0 Å². The van der Waals surface area contributed by atoms with Crippen molar-refractivity contribution in [3.05, 3.63) is 36.0 Å². The molecule has 0 aromatic heterocycles. The Labute approximate surface area is 219 Å². The minimum atomic E-state index is 0.834. The number of nitrogens with zero attached hydrogens (tertiary/aromatic N) is 5. The highest BCUT2D eigenvalue weighted by molar-refractivity contribution is 6.09. The predicted molar refractivity (Wildman–Crippen MR) is 153 cm³/mol. The highest BCUT2D eigenvalue weighted by atomic mass is 15.2. The second-order valence-electron chi connectivity index (χ2n) is 11.8. The van der Waals surface area contributed by atoms with Gasteiger partial charge in [0.2, 0.25) is 0 Å². The van der Waals surface area contributed by atoms with Crippen LogP contribution < -0.4 is 10.6 Å². The third-order valence-electron chi connectivity index (χ3n) is 8.69. The molecule has 2 saturated heterocycles. The van der Waals surface area contributed by atoms with Gasteiger partial charge in [-0.2, -0.15) is 0 Å². The van der Waals surface area contributed by atoms with Crippen LogP contribution in [-0.4, -0.2) is 99.5 Å². The van der Waals surface area contributed by atoms with Gasteiger partial charge in [-0.1, -0.05) is 12.1 Å². The van der Waals surface area contributed by atoms with E-state index in [-0.39, 0.29) is 0 Å². The summed E-state index contributed by atoms with van der Waals surface area (Å²) in [5, 5.41) is 0. The van der Waals surface area contributed by atoms with E-state index in [0.717, 1.165) is 74.7 Å². The van der Waals surface area contributed by atoms with Crippen molar-refractivity contribution in [3.8, 4) is 0 Å². The molecule has 198 valence electrons. The fourth-order valence-corrected chi connectivity index (χ4v) is 5.84. The van der Waals surface area contributed by atoms with Crippen LogP contribution in [0.4, 0.5) is 5.69 Å². The lowest BCUT2D eigenvalue weighted by atomic mass is 10.0. The van der Waals surface area contributed by atoms with Crippen LogP contribution in [0.2, 0.25) is 0 Å². The van der Waals surface area contributed by atoms with Crippen LogP contribution in [0.5, 0.6) is 0 Å². The molecule has 4 fully saturated rings. The molecule has 36 heavy (non-hydrogen) atoms. The molecule has 2 aliphatic heterocycles. The summed E-state index contributed by atoms with van der Waals surface area (Å²) in [5.41, 5.74) is 9.40. The van der Waals surface area contributed by atoms with Crippen molar-refractivity contribution in [2.24, 2.45) is 22.6 Å². The number of hydrogen-bond acceptors (Lipinski definition) is 6. The molecule has 2 aliphatic carbocycles. The van der Waals surface area contributed by atoms with E-state index in [1.807, 2.05) is 6.21 Å². The molecule has 0 spiro atoms. The number of piperazine rings is 1. The Hall–Kier alpha value is -1.89. The molecule has 6 nitrogen and oxygen atoms in total. The van der Waals surface area contributed by atoms with E-state index in [4.69, 9.17) is 10.7 Å². The Morgan fingerprint density at radius 2 is 1.56 bits per heavy atom. The number of benzene rings is 1. The summed E-state index contributed by atoms with van der Waals surface area (Å²) in [5.74, 6) is 2.03. The Kier molecular flexibility index (Phi) is 8.99. The van der Waals surface area contributed by atoms with Crippen molar-refractivity contribution in [3.63, 3.8) is 0 Å². The molecule has 0 radical (unpaired) electrons. The van der Waals surface area contributed by atoms with Gasteiger partial charge in [0.25, 0.3) is 0 Å². The van der Waals surface area contributed by atoms with E-state index >= 15 is 0 Å². The van der Waals surface area contributed by atoms with Gasteiger partial charge in [0.05, 0.1) is 0 Å². The molecule has 0 amide bonds. The van der Waals surface area contributed by atoms with E-state index < -0.39 is 0 Å². The fourth-order valence-electron chi connectivity index (χ4n) is 5.84. The van der Waals surface area contributed by atoms with Gasteiger partial charge in [0.1, 0.15) is 0 Å². The molecule has 6 heteroatoms. The first-order valence-corrected chi connectivity index (χ1v) is 14.6. The highest BCUT2D eigenvalue weighted by Gasteiger charge is 2.33. The van der Waals surface area contributed by atoms with Crippen LogP contribution in [-0.2, 0) is 0 Å². The number of anilines is 1. The maximum Gasteiger partial charge on any atom is 0.0401 e. The highest BCUT2D eigenvalue weighted by Crippen LogP contribution is 2.35. The molecule has 4 aliphatic rings. The van der Waals surface area contributed by atoms with Gasteiger partial charge in [-0.15, -0.1) is 0 Å². The summed E-state index contributed by atoms with van der Waals surface area (Å²) in [4.78, 5) is 15.1. The van der Waals surface area contributed by atoms with Crippen LogP contribution in [0, 0.1) is 11.8 Å². The standard InChI is InChI=1S/C30H48N6/c1-33-17-19-35(20-18-33)29-9-7-27(8-10-29)28(21-31)22-32-13-2-14-34-15-11-30(12-16-34)36(23-25-3-4-25)24-26-5-6-26/h7-10,21-22,25-26,30H,2-6,11-20,23-24,31H2,1H3/b28-21+,32-22?. The van der Waals surface area contributed by atoms with Crippen LogP contribution in [0.25, 0.3) is 5.57 Å². The number of allylic oxidation sites excluding steroid dienone is 1. The van der Waals surface area contributed by atoms with E-state index in [2.05, 4.69) is 50.9 Å². The van der Waals surface area contributed by atoms with Crippen molar-refractivity contribution < 1.29 is 0 Å². The van der Waals surface area contributed by atoms with E-state index in [9.17, 15) is 0 Å². The summed E-state index contributed by atoms with van der Waals surface area (Å²) < 4.78 is 0. The monoisotopic (exact) mass is 492 g/mol. The maximum atomic E-state index is 5.96. The summed E-state index contributed by atoms with van der Waals surface area (Å²) >= 11 is 0. The molecule has 2 heterocycles. The first-order chi connectivity index (χ1) is 17.7. The molecule has 0 bridgehead atoms. The Morgan fingerprint density at radius 1 is 0.917 bits per heavy atom. The molecule has 2 saturated carbocycles. The van der Waals surface area contributed by atoms with Gasteiger partial charge < -0.3 is 20.4 Å². The van der Waals surface area contributed by atoms with Crippen LogP contribution >= 0.6 is 0 Å².